The summed E-state index contributed by atoms with van der Waals surface area (Å²) in [6, 6.07) is 5.46. The Morgan fingerprint density at radius 2 is 1.64 bits per heavy atom. The van der Waals surface area contributed by atoms with E-state index in [1.54, 1.807) is 31.9 Å². The molecule has 1 aliphatic carbocycles. The van der Waals surface area contributed by atoms with Gasteiger partial charge >= 0.3 is 18.2 Å². The van der Waals surface area contributed by atoms with Gasteiger partial charge in [0.2, 0.25) is 0 Å². The highest BCUT2D eigenvalue weighted by atomic mass is 16.6. The third kappa shape index (κ3) is 4.43. The number of carboxylic acid groups (broad SMARTS) is 1. The molecule has 8 heteroatoms. The molecule has 0 bridgehead atoms. The number of hydrogen-bond acceptors (Lipinski definition) is 5. The number of carbonyl (C=O) groups excluding carboxylic acids is 2. The molecule has 1 aliphatic heterocycles. The fourth-order valence-electron chi connectivity index (χ4n) is 4.97. The second-order valence-electron chi connectivity index (χ2n) is 11.0. The topological polar surface area (TPSA) is 98.1 Å². The van der Waals surface area contributed by atoms with Gasteiger partial charge in [0.15, 0.2) is 0 Å². The molecule has 8 nitrogen and oxygen atoms in total. The van der Waals surface area contributed by atoms with E-state index in [4.69, 9.17) is 9.47 Å². The SMILES string of the molecule is CC(C)(C)OC(=O)N1C[C@H](C(=O)O)CC2c3cccc4c3c(cn4C(=O)OC(C)(C)C)C[C@H]21. The Morgan fingerprint density at radius 1 is 1.00 bits per heavy atom. The molecule has 178 valence electrons. The Bertz CT molecular complexity index is 1120. The highest BCUT2D eigenvalue weighted by molar-refractivity contribution is 5.95. The van der Waals surface area contributed by atoms with Gasteiger partial charge in [-0.2, -0.15) is 0 Å². The van der Waals surface area contributed by atoms with E-state index in [1.165, 1.54) is 4.57 Å². The molecule has 1 fully saturated rings. The van der Waals surface area contributed by atoms with Crippen LogP contribution in [0.25, 0.3) is 10.9 Å². The molecule has 2 aliphatic rings. The van der Waals surface area contributed by atoms with Gasteiger partial charge in [-0.25, -0.2) is 9.59 Å². The third-order valence-electron chi connectivity index (χ3n) is 6.16. The standard InChI is InChI=1S/C25H32N2O6/c1-24(2,3)32-22(30)26-12-14-11-19-17(16-8-7-9-18(26)20(14)16)10-15(21(28)29)13-27(19)23(31)33-25(4,5)6/h7-9,12,15,17,19H,10-11,13H2,1-6H3,(H,28,29)/t15-,17?,19-/m1/s1. The summed E-state index contributed by atoms with van der Waals surface area (Å²) in [5.74, 6) is -1.78. The van der Waals surface area contributed by atoms with Gasteiger partial charge in [0, 0.05) is 30.1 Å². The Morgan fingerprint density at radius 3 is 2.24 bits per heavy atom. The smallest absolute Gasteiger partial charge is 0.419 e. The molecular weight excluding hydrogens is 424 g/mol. The van der Waals surface area contributed by atoms with E-state index in [0.717, 1.165) is 22.0 Å². The molecule has 2 heterocycles. The second-order valence-corrected chi connectivity index (χ2v) is 11.0. The minimum atomic E-state index is -0.925. The van der Waals surface area contributed by atoms with Crippen LogP contribution in [0.5, 0.6) is 0 Å². The van der Waals surface area contributed by atoms with Crippen LogP contribution in [0.4, 0.5) is 9.59 Å². The molecule has 0 spiro atoms. The third-order valence-corrected chi connectivity index (χ3v) is 6.16. The van der Waals surface area contributed by atoms with E-state index in [0.29, 0.717) is 12.8 Å². The fourth-order valence-corrected chi connectivity index (χ4v) is 4.97. The van der Waals surface area contributed by atoms with Gasteiger partial charge in [-0.1, -0.05) is 12.1 Å². The zero-order valence-electron chi connectivity index (χ0n) is 20.0. The van der Waals surface area contributed by atoms with Crippen LogP contribution < -0.4 is 0 Å². The van der Waals surface area contributed by atoms with E-state index in [2.05, 4.69) is 0 Å². The summed E-state index contributed by atoms with van der Waals surface area (Å²) in [6.45, 7) is 10.9. The van der Waals surface area contributed by atoms with Crippen molar-refractivity contribution in [3.8, 4) is 0 Å². The van der Waals surface area contributed by atoms with E-state index in [9.17, 15) is 19.5 Å². The highest BCUT2D eigenvalue weighted by Gasteiger charge is 2.46. The normalized spacial score (nSPS) is 22.6. The number of benzene rings is 1. The lowest BCUT2D eigenvalue weighted by Gasteiger charge is -2.46. The zero-order chi connectivity index (χ0) is 24.3. The Kier molecular flexibility index (Phi) is 5.46. The number of piperidine rings is 1. The van der Waals surface area contributed by atoms with Crippen molar-refractivity contribution in [2.24, 2.45) is 5.92 Å². The molecule has 1 aromatic heterocycles. The number of rotatable bonds is 1. The molecule has 1 aromatic carbocycles. The Balaban J connectivity index is 1.78. The quantitative estimate of drug-likeness (QED) is 0.664. The van der Waals surface area contributed by atoms with Crippen molar-refractivity contribution in [1.29, 1.82) is 0 Å². The molecular formula is C25H32N2O6. The number of nitrogens with zero attached hydrogens (tertiary/aromatic N) is 2. The molecule has 2 aromatic rings. The molecule has 1 unspecified atom stereocenters. The molecule has 33 heavy (non-hydrogen) atoms. The summed E-state index contributed by atoms with van der Waals surface area (Å²) >= 11 is 0. The van der Waals surface area contributed by atoms with Gasteiger partial charge in [0.1, 0.15) is 11.2 Å². The van der Waals surface area contributed by atoms with Crippen LogP contribution >= 0.6 is 0 Å². The summed E-state index contributed by atoms with van der Waals surface area (Å²) in [4.78, 5) is 39.5. The summed E-state index contributed by atoms with van der Waals surface area (Å²) in [5, 5.41) is 10.7. The molecule has 1 N–H and O–H groups in total. The lowest BCUT2D eigenvalue weighted by atomic mass is 9.72. The number of fused-ring (bicyclic) bond motifs is 2. The van der Waals surface area contributed by atoms with E-state index in [-0.39, 0.29) is 18.5 Å². The number of amides is 1. The van der Waals surface area contributed by atoms with Crippen molar-refractivity contribution in [2.75, 3.05) is 6.54 Å². The number of carboxylic acids is 1. The number of aromatic nitrogens is 1. The van der Waals surface area contributed by atoms with Crippen LogP contribution in [0, 0.1) is 5.92 Å². The lowest BCUT2D eigenvalue weighted by molar-refractivity contribution is -0.144. The van der Waals surface area contributed by atoms with Crippen molar-refractivity contribution in [2.45, 2.75) is 77.5 Å². The van der Waals surface area contributed by atoms with E-state index in [1.807, 2.05) is 39.0 Å². The maximum atomic E-state index is 13.1. The summed E-state index contributed by atoms with van der Waals surface area (Å²) in [5.41, 5.74) is 1.30. The Hall–Kier alpha value is -3.03. The zero-order valence-corrected chi connectivity index (χ0v) is 20.0. The van der Waals surface area contributed by atoms with Crippen LogP contribution in [0.15, 0.2) is 24.4 Å². The minimum absolute atomic E-state index is 0.101. The second kappa shape index (κ2) is 7.78. The average molecular weight is 457 g/mol. The predicted octanol–water partition coefficient (Wildman–Crippen LogP) is 4.77. The monoisotopic (exact) mass is 456 g/mol. The number of hydrogen-bond donors (Lipinski definition) is 1. The van der Waals surface area contributed by atoms with E-state index < -0.39 is 35.3 Å². The van der Waals surface area contributed by atoms with Gasteiger partial charge in [-0.3, -0.25) is 9.36 Å². The van der Waals surface area contributed by atoms with Crippen LogP contribution in [0.3, 0.4) is 0 Å². The predicted molar refractivity (Wildman–Crippen MR) is 122 cm³/mol. The van der Waals surface area contributed by atoms with Gasteiger partial charge in [0.05, 0.1) is 11.4 Å². The van der Waals surface area contributed by atoms with Crippen molar-refractivity contribution >= 4 is 29.1 Å². The summed E-state index contributed by atoms with van der Waals surface area (Å²) in [6.07, 6.45) is 1.75. The molecule has 3 atom stereocenters. The fraction of sp³-hybridized carbons (Fsp3) is 0.560. The first-order chi connectivity index (χ1) is 15.2. The van der Waals surface area contributed by atoms with Gasteiger partial charge < -0.3 is 19.5 Å². The average Bonchev–Trinajstić information content (AvgIpc) is 3.05. The first kappa shape index (κ1) is 23.1. The molecule has 1 amide bonds. The largest absolute Gasteiger partial charge is 0.481 e. The number of likely N-dealkylation sites (tertiary alicyclic amines) is 1. The van der Waals surface area contributed by atoms with Crippen molar-refractivity contribution in [3.05, 3.63) is 35.5 Å². The van der Waals surface area contributed by atoms with Crippen LogP contribution in [0.2, 0.25) is 0 Å². The van der Waals surface area contributed by atoms with E-state index >= 15 is 0 Å². The summed E-state index contributed by atoms with van der Waals surface area (Å²) in [7, 11) is 0. The molecule has 0 saturated carbocycles. The minimum Gasteiger partial charge on any atom is -0.481 e. The molecule has 4 rings (SSSR count). The van der Waals surface area contributed by atoms with Gasteiger partial charge in [-0.15, -0.1) is 0 Å². The van der Waals surface area contributed by atoms with Crippen LogP contribution in [0.1, 0.15) is 65.0 Å². The lowest BCUT2D eigenvalue weighted by Crippen LogP contribution is -2.54. The van der Waals surface area contributed by atoms with Crippen LogP contribution in [-0.2, 0) is 20.7 Å². The Labute approximate surface area is 193 Å². The maximum absolute atomic E-state index is 13.1. The van der Waals surface area contributed by atoms with Crippen molar-refractivity contribution in [3.63, 3.8) is 0 Å². The van der Waals surface area contributed by atoms with Crippen LogP contribution in [-0.4, -0.2) is 56.5 Å². The summed E-state index contributed by atoms with van der Waals surface area (Å²) < 4.78 is 12.7. The van der Waals surface area contributed by atoms with Gasteiger partial charge in [-0.05, 0) is 71.6 Å². The number of aliphatic carboxylic acids is 1. The number of carbonyl (C=O) groups is 3. The first-order valence-electron chi connectivity index (χ1n) is 11.3. The van der Waals surface area contributed by atoms with Gasteiger partial charge in [0.25, 0.3) is 0 Å². The van der Waals surface area contributed by atoms with Crippen molar-refractivity contribution < 1.29 is 29.0 Å². The molecule has 0 radical (unpaired) electrons. The van der Waals surface area contributed by atoms with Crippen molar-refractivity contribution in [1.82, 2.24) is 9.47 Å². The first-order valence-corrected chi connectivity index (χ1v) is 11.3. The number of ether oxygens (including phenoxy) is 2. The highest BCUT2D eigenvalue weighted by Crippen LogP contribution is 2.45. The molecule has 1 saturated heterocycles. The maximum Gasteiger partial charge on any atom is 0.419 e.